The van der Waals surface area contributed by atoms with Gasteiger partial charge in [-0.1, -0.05) is 127 Å². The van der Waals surface area contributed by atoms with Crippen molar-refractivity contribution in [1.82, 2.24) is 4.57 Å². The van der Waals surface area contributed by atoms with Crippen LogP contribution in [0.3, 0.4) is 0 Å². The van der Waals surface area contributed by atoms with E-state index in [2.05, 4.69) is 0 Å². The van der Waals surface area contributed by atoms with Gasteiger partial charge >= 0.3 is 0 Å². The molecule has 0 amide bonds. The van der Waals surface area contributed by atoms with Crippen LogP contribution in [-0.2, 0) is 0 Å². The van der Waals surface area contributed by atoms with Crippen molar-refractivity contribution in [2.45, 2.75) is 0 Å². The Morgan fingerprint density at radius 3 is 1.65 bits per heavy atom. The highest BCUT2D eigenvalue weighted by atomic mass is 16.3. The number of fused-ring (bicyclic) bond motifs is 6. The molecule has 0 bridgehead atoms. The molecule has 0 unspecified atom stereocenters. The van der Waals surface area contributed by atoms with Crippen LogP contribution in [0, 0.1) is 0 Å². The number of nitrogens with zero attached hydrogens (tertiary/aromatic N) is 2. The van der Waals surface area contributed by atoms with Gasteiger partial charge in [0.1, 0.15) is 11.2 Å². The standard InChI is InChI=1S/C48H32N2O/c1-3-13-33(14-4-1)34-23-27-37(28-24-34)49(36-15-5-2-6-16-36)45-32-31-39(48-47(45)42-19-9-12-22-46(42)51-48)35-25-29-38(30-26-35)50-43-20-10-7-17-40(43)41-18-8-11-21-44(41)50/h1-32H/i1D,2D,3D,4D,5D,6D,7D,8D,9D,10D,11D,12D,13D,14D,15D,16D,17D,18D,19D,20D,21D,22D,23D,24D,25D,26D,27D,28D,29D,30D,31D,32D. The lowest BCUT2D eigenvalue weighted by Gasteiger charge is -2.27. The number of benzene rings is 8. The van der Waals surface area contributed by atoms with Crippen LogP contribution in [0.2, 0.25) is 0 Å². The molecule has 3 nitrogen and oxygen atoms in total. The van der Waals surface area contributed by atoms with Crippen molar-refractivity contribution >= 4 is 60.8 Å². The summed E-state index contributed by atoms with van der Waals surface area (Å²) in [5, 5.41) is -2.59. The molecule has 10 rings (SSSR count). The number of rotatable bonds is 6. The SMILES string of the molecule is [2H]c1c([2H])c([2H])c(-c2c([2H])c([2H])c(N(c3c([2H])c([2H])c([2H])c([2H])c3[2H])c3c([2H])c([2H])c(-c4c([2H])c([2H])c(-n5c6c([2H])c([2H])c([2H])c([2H])c6c6c([2H])c([2H])c([2H])c([2H])c65)c([2H])c4[2H])c4oc5c([2H])c([2H])c([2H])c([2H])c5c34)c([2H])c2[2H])c([2H])c1[2H]. The zero-order chi connectivity index (χ0) is 61.6. The lowest BCUT2D eigenvalue weighted by molar-refractivity contribution is 0.670. The molecule has 0 aliphatic carbocycles. The lowest BCUT2D eigenvalue weighted by atomic mass is 9.99. The second kappa shape index (κ2) is 11.9. The Balaban J connectivity index is 1.42. The molecule has 0 saturated carbocycles. The summed E-state index contributed by atoms with van der Waals surface area (Å²) >= 11 is 0. The first-order chi connectivity index (χ1) is 38.6. The summed E-state index contributed by atoms with van der Waals surface area (Å²) in [6, 6.07) is -33.1. The van der Waals surface area contributed by atoms with Crippen LogP contribution >= 0.6 is 0 Å². The zero-order valence-electron chi connectivity index (χ0n) is 57.3. The van der Waals surface area contributed by atoms with E-state index in [1.165, 1.54) is 0 Å². The molecule has 0 radical (unpaired) electrons. The van der Waals surface area contributed by atoms with Crippen molar-refractivity contribution in [1.29, 1.82) is 0 Å². The summed E-state index contributed by atoms with van der Waals surface area (Å²) in [6.45, 7) is 0. The Bertz CT molecular complexity index is 4520. The van der Waals surface area contributed by atoms with Crippen molar-refractivity contribution in [3.8, 4) is 27.9 Å². The fraction of sp³-hybridized carbons (Fsp3) is 0. The average Bonchev–Trinajstić information content (AvgIpc) is 1.73. The first-order valence-electron chi connectivity index (χ1n) is 30.7. The smallest absolute Gasteiger partial charge is 0.145 e. The van der Waals surface area contributed by atoms with E-state index in [9.17, 15) is 17.8 Å². The number of anilines is 3. The Morgan fingerprint density at radius 2 is 0.961 bits per heavy atom. The summed E-state index contributed by atoms with van der Waals surface area (Å²) in [6.07, 6.45) is 0. The number of para-hydroxylation sites is 4. The van der Waals surface area contributed by atoms with E-state index in [1.807, 2.05) is 0 Å². The van der Waals surface area contributed by atoms with Gasteiger partial charge < -0.3 is 13.9 Å². The topological polar surface area (TPSA) is 21.3 Å². The molecule has 10 aromatic rings. The van der Waals surface area contributed by atoms with Crippen LogP contribution in [0.5, 0.6) is 0 Å². The first-order valence-corrected chi connectivity index (χ1v) is 14.7. The highest BCUT2D eigenvalue weighted by Crippen LogP contribution is 2.46. The maximum Gasteiger partial charge on any atom is 0.145 e. The van der Waals surface area contributed by atoms with Crippen molar-refractivity contribution in [3.63, 3.8) is 0 Å². The average molecular weight is 685 g/mol. The van der Waals surface area contributed by atoms with Gasteiger partial charge in [0.15, 0.2) is 0 Å². The number of furan rings is 1. The van der Waals surface area contributed by atoms with Crippen LogP contribution in [0.1, 0.15) is 43.9 Å². The van der Waals surface area contributed by atoms with Gasteiger partial charge in [0.2, 0.25) is 0 Å². The van der Waals surface area contributed by atoms with Gasteiger partial charge in [-0.25, -0.2) is 0 Å². The largest absolute Gasteiger partial charge is 0.455 e. The number of aromatic nitrogens is 1. The summed E-state index contributed by atoms with van der Waals surface area (Å²) in [7, 11) is 0. The fourth-order valence-electron chi connectivity index (χ4n) is 5.60. The van der Waals surface area contributed by atoms with Gasteiger partial charge in [-0.3, -0.25) is 0 Å². The van der Waals surface area contributed by atoms with E-state index in [1.54, 1.807) is 0 Å². The molecular weight excluding hydrogens is 621 g/mol. The predicted octanol–water partition coefficient (Wildman–Crippen LogP) is 13.5. The van der Waals surface area contributed by atoms with Crippen molar-refractivity contribution in [3.05, 3.63) is 193 Å². The molecule has 2 heterocycles. The Hall–Kier alpha value is -6.84. The van der Waals surface area contributed by atoms with Crippen LogP contribution in [-0.4, -0.2) is 4.57 Å². The maximum atomic E-state index is 9.91. The van der Waals surface area contributed by atoms with E-state index in [4.69, 9.17) is 30.5 Å². The highest BCUT2D eigenvalue weighted by Gasteiger charge is 2.22. The summed E-state index contributed by atoms with van der Waals surface area (Å²) in [4.78, 5) is 0.388. The molecule has 3 heteroatoms. The van der Waals surface area contributed by atoms with Gasteiger partial charge in [0, 0.05) is 38.8 Å². The zero-order valence-corrected chi connectivity index (χ0v) is 25.3. The first kappa shape index (κ1) is 11.3. The molecular formula is C48H32N2O. The molecule has 0 fully saturated rings. The molecule has 0 N–H and O–H groups in total. The lowest BCUT2D eigenvalue weighted by Crippen LogP contribution is -2.10. The van der Waals surface area contributed by atoms with E-state index in [0.717, 1.165) is 0 Å². The molecule has 0 atom stereocenters. The third-order valence-electron chi connectivity index (χ3n) is 7.74. The van der Waals surface area contributed by atoms with Crippen molar-refractivity contribution < 1.29 is 48.3 Å². The maximum absolute atomic E-state index is 9.91. The van der Waals surface area contributed by atoms with Gasteiger partial charge in [0.25, 0.3) is 0 Å². The van der Waals surface area contributed by atoms with Gasteiger partial charge in [-0.05, 0) is 83.2 Å². The van der Waals surface area contributed by atoms with E-state index in [0.29, 0.717) is 9.47 Å². The molecule has 240 valence electrons. The minimum absolute atomic E-state index is 0.388. The van der Waals surface area contributed by atoms with Gasteiger partial charge in [-0.2, -0.15) is 0 Å². The summed E-state index contributed by atoms with van der Waals surface area (Å²) in [5.41, 5.74) is -10.7. The van der Waals surface area contributed by atoms with E-state index >= 15 is 0 Å². The Labute approximate surface area is 340 Å². The Kier molecular flexibility index (Phi) is 2.66. The third-order valence-corrected chi connectivity index (χ3v) is 7.74. The molecule has 8 aromatic carbocycles. The minimum atomic E-state index is -1.28. The Morgan fingerprint density at radius 1 is 0.431 bits per heavy atom. The van der Waals surface area contributed by atoms with E-state index in [-0.39, 0.29) is 0 Å². The predicted molar refractivity (Wildman–Crippen MR) is 214 cm³/mol. The van der Waals surface area contributed by atoms with Crippen LogP contribution in [0.15, 0.2) is 198 Å². The second-order valence-corrected chi connectivity index (χ2v) is 10.5. The molecule has 0 saturated heterocycles. The monoisotopic (exact) mass is 684 g/mol. The van der Waals surface area contributed by atoms with Gasteiger partial charge in [0.05, 0.1) is 66.0 Å². The molecule has 0 spiro atoms. The van der Waals surface area contributed by atoms with Crippen LogP contribution in [0.25, 0.3) is 71.7 Å². The normalized spacial score (nSPS) is 20.3. The summed E-state index contributed by atoms with van der Waals surface area (Å²) in [5.74, 6) is 0. The second-order valence-electron chi connectivity index (χ2n) is 10.5. The minimum Gasteiger partial charge on any atom is -0.455 e. The fourth-order valence-corrected chi connectivity index (χ4v) is 5.60. The van der Waals surface area contributed by atoms with Crippen molar-refractivity contribution in [2.75, 3.05) is 4.90 Å². The number of hydrogen-bond acceptors (Lipinski definition) is 2. The molecule has 51 heavy (non-hydrogen) atoms. The molecule has 0 aliphatic rings. The van der Waals surface area contributed by atoms with Gasteiger partial charge in [-0.15, -0.1) is 0 Å². The van der Waals surface area contributed by atoms with Crippen LogP contribution < -0.4 is 4.90 Å². The number of hydrogen-bond donors (Lipinski definition) is 0. The molecule has 0 aliphatic heterocycles. The van der Waals surface area contributed by atoms with E-state index < -0.39 is 282 Å². The quantitative estimate of drug-likeness (QED) is 0.174. The third kappa shape index (κ3) is 4.82. The molecule has 2 aromatic heterocycles. The summed E-state index contributed by atoms with van der Waals surface area (Å²) < 4.78 is 294. The highest BCUT2D eigenvalue weighted by molar-refractivity contribution is 6.17. The van der Waals surface area contributed by atoms with Crippen molar-refractivity contribution in [2.24, 2.45) is 0 Å². The van der Waals surface area contributed by atoms with Crippen LogP contribution in [0.4, 0.5) is 17.1 Å².